The van der Waals surface area contributed by atoms with Crippen LogP contribution < -0.4 is 5.32 Å². The summed E-state index contributed by atoms with van der Waals surface area (Å²) < 4.78 is 39.3. The maximum Gasteiger partial charge on any atom is 0.251 e. The molecule has 2 N–H and O–H groups in total. The molecule has 0 aliphatic carbocycles. The minimum Gasteiger partial charge on any atom is -0.388 e. The minimum absolute atomic E-state index is 0.133. The fourth-order valence-corrected chi connectivity index (χ4v) is 4.66. The summed E-state index contributed by atoms with van der Waals surface area (Å²) in [7, 11) is -3.59. The van der Waals surface area contributed by atoms with Gasteiger partial charge in [0.05, 0.1) is 23.9 Å². The number of carbonyl (C=O) groups excluding carboxylic acids is 1. The number of hydrogen-bond acceptors (Lipinski definition) is 4. The molecule has 0 saturated carbocycles. The van der Waals surface area contributed by atoms with Crippen molar-refractivity contribution >= 4 is 15.9 Å². The van der Waals surface area contributed by atoms with E-state index in [4.69, 9.17) is 0 Å². The van der Waals surface area contributed by atoms with Crippen molar-refractivity contribution in [2.24, 2.45) is 0 Å². The molecule has 0 bridgehead atoms. The van der Waals surface area contributed by atoms with Crippen LogP contribution in [0.1, 0.15) is 35.3 Å². The van der Waals surface area contributed by atoms with Gasteiger partial charge in [0.2, 0.25) is 10.0 Å². The monoisotopic (exact) mass is 406 g/mol. The largest absolute Gasteiger partial charge is 0.388 e. The zero-order valence-corrected chi connectivity index (χ0v) is 16.5. The van der Waals surface area contributed by atoms with Crippen molar-refractivity contribution in [3.05, 3.63) is 71.5 Å². The predicted molar refractivity (Wildman–Crippen MR) is 104 cm³/mol. The second-order valence-corrected chi connectivity index (χ2v) is 9.23. The molecule has 0 spiro atoms. The van der Waals surface area contributed by atoms with Gasteiger partial charge in [-0.25, -0.2) is 12.8 Å². The third-order valence-corrected chi connectivity index (χ3v) is 6.36. The summed E-state index contributed by atoms with van der Waals surface area (Å²) in [6.07, 6.45) is 1.28. The summed E-state index contributed by atoms with van der Waals surface area (Å²) in [6, 6.07) is 12.2. The highest BCUT2D eigenvalue weighted by Gasteiger charge is 2.48. The van der Waals surface area contributed by atoms with Crippen LogP contribution in [0.3, 0.4) is 0 Å². The Balaban J connectivity index is 2.02. The SMILES string of the molecule is C[C@@]1(O)CCN(S(C)(=O)=O)[C@@H](c2ccccc2)[C@@H]1NC(=O)c1ccc(F)cc1. The summed E-state index contributed by atoms with van der Waals surface area (Å²) in [5, 5.41) is 13.8. The van der Waals surface area contributed by atoms with Gasteiger partial charge in [0.1, 0.15) is 5.82 Å². The minimum atomic E-state index is -3.59. The maximum atomic E-state index is 13.2. The molecule has 1 aliphatic heterocycles. The molecule has 1 aliphatic rings. The van der Waals surface area contributed by atoms with Gasteiger partial charge in [0, 0.05) is 12.1 Å². The Bertz CT molecular complexity index is 946. The molecular formula is C20H23FN2O4S. The number of benzene rings is 2. The van der Waals surface area contributed by atoms with Crippen LogP contribution in [0.2, 0.25) is 0 Å². The summed E-state index contributed by atoms with van der Waals surface area (Å²) >= 11 is 0. The number of aliphatic hydroxyl groups is 1. The van der Waals surface area contributed by atoms with E-state index >= 15 is 0 Å². The number of rotatable bonds is 4. The number of hydrogen-bond donors (Lipinski definition) is 2. The molecule has 1 saturated heterocycles. The van der Waals surface area contributed by atoms with Crippen molar-refractivity contribution in [1.29, 1.82) is 0 Å². The molecule has 28 heavy (non-hydrogen) atoms. The van der Waals surface area contributed by atoms with E-state index in [2.05, 4.69) is 5.32 Å². The quantitative estimate of drug-likeness (QED) is 0.814. The van der Waals surface area contributed by atoms with Crippen molar-refractivity contribution in [1.82, 2.24) is 9.62 Å². The molecule has 1 fully saturated rings. The van der Waals surface area contributed by atoms with E-state index in [1.807, 2.05) is 0 Å². The van der Waals surface area contributed by atoms with Gasteiger partial charge in [-0.05, 0) is 43.2 Å². The van der Waals surface area contributed by atoms with E-state index in [0.29, 0.717) is 5.56 Å². The first-order valence-electron chi connectivity index (χ1n) is 8.90. The summed E-state index contributed by atoms with van der Waals surface area (Å²) in [4.78, 5) is 12.7. The van der Waals surface area contributed by atoms with Crippen LogP contribution >= 0.6 is 0 Å². The molecule has 3 rings (SSSR count). The fraction of sp³-hybridized carbons (Fsp3) is 0.350. The number of nitrogens with zero attached hydrogens (tertiary/aromatic N) is 1. The number of carbonyl (C=O) groups is 1. The zero-order valence-electron chi connectivity index (χ0n) is 15.7. The van der Waals surface area contributed by atoms with E-state index in [-0.39, 0.29) is 18.5 Å². The molecule has 0 aromatic heterocycles. The Kier molecular flexibility index (Phi) is 5.56. The number of nitrogens with one attached hydrogen (secondary N) is 1. The lowest BCUT2D eigenvalue weighted by Crippen LogP contribution is -2.63. The summed E-state index contributed by atoms with van der Waals surface area (Å²) in [6.45, 7) is 1.71. The van der Waals surface area contributed by atoms with Crippen LogP contribution in [0.4, 0.5) is 4.39 Å². The van der Waals surface area contributed by atoms with Crippen LogP contribution in [0, 0.1) is 5.82 Å². The molecule has 3 atom stereocenters. The molecule has 2 aromatic carbocycles. The first-order chi connectivity index (χ1) is 13.1. The molecule has 8 heteroatoms. The lowest BCUT2D eigenvalue weighted by atomic mass is 9.81. The highest BCUT2D eigenvalue weighted by Crippen LogP contribution is 2.38. The average Bonchev–Trinajstić information content (AvgIpc) is 2.63. The summed E-state index contributed by atoms with van der Waals surface area (Å²) in [5.41, 5.74) is -0.449. The predicted octanol–water partition coefficient (Wildman–Crippen LogP) is 2.08. The van der Waals surface area contributed by atoms with E-state index in [1.165, 1.54) is 28.6 Å². The Hall–Kier alpha value is -2.29. The Morgan fingerprint density at radius 1 is 1.18 bits per heavy atom. The van der Waals surface area contributed by atoms with Crippen molar-refractivity contribution in [3.63, 3.8) is 0 Å². The third-order valence-electron chi connectivity index (χ3n) is 5.09. The van der Waals surface area contributed by atoms with Gasteiger partial charge in [-0.15, -0.1) is 0 Å². The van der Waals surface area contributed by atoms with Gasteiger partial charge in [0.15, 0.2) is 0 Å². The third kappa shape index (κ3) is 4.24. The maximum absolute atomic E-state index is 13.2. The number of sulfonamides is 1. The van der Waals surface area contributed by atoms with Crippen LogP contribution in [-0.2, 0) is 10.0 Å². The topological polar surface area (TPSA) is 86.7 Å². The fourth-order valence-electron chi connectivity index (χ4n) is 3.58. The smallest absolute Gasteiger partial charge is 0.251 e. The Morgan fingerprint density at radius 3 is 2.36 bits per heavy atom. The van der Waals surface area contributed by atoms with Crippen molar-refractivity contribution in [2.75, 3.05) is 12.8 Å². The van der Waals surface area contributed by atoms with Crippen LogP contribution in [0.5, 0.6) is 0 Å². The normalized spacial score (nSPS) is 26.0. The van der Waals surface area contributed by atoms with Crippen molar-refractivity contribution in [2.45, 2.75) is 31.0 Å². The van der Waals surface area contributed by atoms with Crippen LogP contribution in [0.25, 0.3) is 0 Å². The van der Waals surface area contributed by atoms with Gasteiger partial charge in [-0.2, -0.15) is 4.31 Å². The van der Waals surface area contributed by atoms with E-state index in [1.54, 1.807) is 37.3 Å². The zero-order chi connectivity index (χ0) is 20.5. The lowest BCUT2D eigenvalue weighted by Gasteiger charge is -2.48. The van der Waals surface area contributed by atoms with Crippen LogP contribution in [-0.4, -0.2) is 48.2 Å². The van der Waals surface area contributed by atoms with Gasteiger partial charge in [-0.1, -0.05) is 30.3 Å². The number of amides is 1. The molecular weight excluding hydrogens is 383 g/mol. The number of halogens is 1. The van der Waals surface area contributed by atoms with Gasteiger partial charge in [-0.3, -0.25) is 4.79 Å². The standard InChI is InChI=1S/C20H23FN2O4S/c1-20(25)12-13-23(28(2,26)27)17(14-6-4-3-5-7-14)18(20)22-19(24)15-8-10-16(21)11-9-15/h3-11,17-18,25H,12-13H2,1-2H3,(H,22,24)/t17-,18-,20+/m0/s1. The summed E-state index contributed by atoms with van der Waals surface area (Å²) in [5.74, 6) is -0.979. The highest BCUT2D eigenvalue weighted by molar-refractivity contribution is 7.88. The molecule has 6 nitrogen and oxygen atoms in total. The van der Waals surface area contributed by atoms with Crippen molar-refractivity contribution < 1.29 is 22.7 Å². The second kappa shape index (κ2) is 7.62. The van der Waals surface area contributed by atoms with Gasteiger partial charge in [0.25, 0.3) is 5.91 Å². The lowest BCUT2D eigenvalue weighted by molar-refractivity contribution is -0.0416. The second-order valence-electron chi connectivity index (χ2n) is 7.29. The first kappa shape index (κ1) is 20.4. The van der Waals surface area contributed by atoms with Gasteiger partial charge < -0.3 is 10.4 Å². The average molecular weight is 406 g/mol. The number of piperidine rings is 1. The van der Waals surface area contributed by atoms with E-state index in [0.717, 1.165) is 6.26 Å². The van der Waals surface area contributed by atoms with Crippen LogP contribution in [0.15, 0.2) is 54.6 Å². The van der Waals surface area contributed by atoms with Gasteiger partial charge >= 0.3 is 0 Å². The molecule has 2 aromatic rings. The molecule has 0 radical (unpaired) electrons. The first-order valence-corrected chi connectivity index (χ1v) is 10.7. The highest BCUT2D eigenvalue weighted by atomic mass is 32.2. The molecule has 0 unspecified atom stereocenters. The van der Waals surface area contributed by atoms with Crippen molar-refractivity contribution in [3.8, 4) is 0 Å². The molecule has 1 heterocycles. The Labute approximate surface area is 164 Å². The molecule has 150 valence electrons. The Morgan fingerprint density at radius 2 is 1.79 bits per heavy atom. The van der Waals surface area contributed by atoms with E-state index in [9.17, 15) is 22.7 Å². The van der Waals surface area contributed by atoms with E-state index < -0.39 is 39.4 Å². The molecule has 1 amide bonds.